The van der Waals surface area contributed by atoms with Gasteiger partial charge in [-0.1, -0.05) is 22.0 Å². The van der Waals surface area contributed by atoms with E-state index in [9.17, 15) is 0 Å². The van der Waals surface area contributed by atoms with Crippen molar-refractivity contribution in [2.24, 2.45) is 0 Å². The third-order valence-corrected chi connectivity index (χ3v) is 2.53. The molecule has 1 heterocycles. The SMILES string of the molecule is CN1C=Cc2cc(Br)ccc2C1. The van der Waals surface area contributed by atoms with Crippen molar-refractivity contribution in [3.05, 3.63) is 40.0 Å². The molecule has 0 bridgehead atoms. The Bertz CT molecular complexity index is 331. The first-order valence-electron chi connectivity index (χ1n) is 3.92. The number of halogens is 1. The predicted molar refractivity (Wildman–Crippen MR) is 54.6 cm³/mol. The lowest BCUT2D eigenvalue weighted by Gasteiger charge is -2.20. The molecule has 0 atom stereocenters. The highest BCUT2D eigenvalue weighted by Gasteiger charge is 2.06. The number of nitrogens with zero attached hydrogens (tertiary/aromatic N) is 1. The summed E-state index contributed by atoms with van der Waals surface area (Å²) in [5.41, 5.74) is 2.71. The number of hydrogen-bond acceptors (Lipinski definition) is 1. The summed E-state index contributed by atoms with van der Waals surface area (Å²) in [5, 5.41) is 0. The van der Waals surface area contributed by atoms with Crippen LogP contribution in [0.2, 0.25) is 0 Å². The number of hydrogen-bond donors (Lipinski definition) is 0. The van der Waals surface area contributed by atoms with Crippen LogP contribution in [0, 0.1) is 0 Å². The zero-order chi connectivity index (χ0) is 8.55. The maximum absolute atomic E-state index is 3.46. The fourth-order valence-corrected chi connectivity index (χ4v) is 1.77. The summed E-state index contributed by atoms with van der Waals surface area (Å²) in [6.45, 7) is 1.01. The minimum Gasteiger partial charge on any atom is -0.376 e. The Morgan fingerprint density at radius 3 is 3.08 bits per heavy atom. The molecule has 1 aromatic rings. The van der Waals surface area contributed by atoms with Gasteiger partial charge in [0.1, 0.15) is 0 Å². The third kappa shape index (κ3) is 1.39. The van der Waals surface area contributed by atoms with Crippen molar-refractivity contribution in [3.8, 4) is 0 Å². The van der Waals surface area contributed by atoms with Gasteiger partial charge in [0, 0.05) is 18.1 Å². The second kappa shape index (κ2) is 2.94. The molecule has 1 aromatic carbocycles. The molecule has 0 N–H and O–H groups in total. The highest BCUT2D eigenvalue weighted by Crippen LogP contribution is 2.22. The third-order valence-electron chi connectivity index (χ3n) is 2.04. The smallest absolute Gasteiger partial charge is 0.0426 e. The van der Waals surface area contributed by atoms with Crippen LogP contribution in [0.1, 0.15) is 11.1 Å². The largest absolute Gasteiger partial charge is 0.376 e. The monoisotopic (exact) mass is 223 g/mol. The second-order valence-electron chi connectivity index (χ2n) is 3.07. The second-order valence-corrected chi connectivity index (χ2v) is 3.99. The Labute approximate surface area is 80.8 Å². The van der Waals surface area contributed by atoms with Crippen LogP contribution in [0.5, 0.6) is 0 Å². The molecule has 0 aromatic heterocycles. The molecule has 0 saturated heterocycles. The lowest BCUT2D eigenvalue weighted by molar-refractivity contribution is 0.448. The molecule has 12 heavy (non-hydrogen) atoms. The molecule has 62 valence electrons. The van der Waals surface area contributed by atoms with E-state index in [0.717, 1.165) is 11.0 Å². The zero-order valence-corrected chi connectivity index (χ0v) is 8.51. The van der Waals surface area contributed by atoms with Crippen LogP contribution < -0.4 is 0 Å². The Morgan fingerprint density at radius 2 is 2.25 bits per heavy atom. The van der Waals surface area contributed by atoms with Crippen LogP contribution in [0.3, 0.4) is 0 Å². The van der Waals surface area contributed by atoms with Crippen molar-refractivity contribution in [1.82, 2.24) is 4.90 Å². The minimum absolute atomic E-state index is 1.01. The first-order valence-corrected chi connectivity index (χ1v) is 4.72. The van der Waals surface area contributed by atoms with Gasteiger partial charge in [0.15, 0.2) is 0 Å². The molecule has 2 rings (SSSR count). The molecular weight excluding hydrogens is 214 g/mol. The molecule has 1 aliphatic heterocycles. The van der Waals surface area contributed by atoms with Crippen LogP contribution >= 0.6 is 15.9 Å². The average molecular weight is 224 g/mol. The van der Waals surface area contributed by atoms with E-state index in [2.05, 4.69) is 58.4 Å². The Balaban J connectivity index is 2.47. The molecule has 1 aliphatic rings. The number of fused-ring (bicyclic) bond motifs is 1. The summed E-state index contributed by atoms with van der Waals surface area (Å²) in [6.07, 6.45) is 4.25. The van der Waals surface area contributed by atoms with Gasteiger partial charge in [-0.05, 0) is 35.5 Å². The lowest BCUT2D eigenvalue weighted by Crippen LogP contribution is -2.13. The fourth-order valence-electron chi connectivity index (χ4n) is 1.39. The van der Waals surface area contributed by atoms with E-state index in [1.54, 1.807) is 0 Å². The summed E-state index contributed by atoms with van der Waals surface area (Å²) in [5.74, 6) is 0. The summed E-state index contributed by atoms with van der Waals surface area (Å²) in [4.78, 5) is 2.18. The van der Waals surface area contributed by atoms with Crippen molar-refractivity contribution >= 4 is 22.0 Å². The van der Waals surface area contributed by atoms with E-state index in [1.165, 1.54) is 11.1 Å². The first-order chi connectivity index (χ1) is 5.75. The molecule has 0 fully saturated rings. The summed E-state index contributed by atoms with van der Waals surface area (Å²) in [7, 11) is 2.08. The van der Waals surface area contributed by atoms with Crippen molar-refractivity contribution in [2.45, 2.75) is 6.54 Å². The average Bonchev–Trinajstić information content (AvgIpc) is 2.05. The molecule has 2 heteroatoms. The molecule has 0 spiro atoms. The van der Waals surface area contributed by atoms with E-state index < -0.39 is 0 Å². The van der Waals surface area contributed by atoms with E-state index in [0.29, 0.717) is 0 Å². The molecule has 0 saturated carbocycles. The molecule has 0 unspecified atom stereocenters. The predicted octanol–water partition coefficient (Wildman–Crippen LogP) is 2.87. The topological polar surface area (TPSA) is 3.24 Å². The summed E-state index contributed by atoms with van der Waals surface area (Å²) >= 11 is 3.46. The van der Waals surface area contributed by atoms with Crippen LogP contribution in [0.15, 0.2) is 28.9 Å². The highest BCUT2D eigenvalue weighted by atomic mass is 79.9. The Hall–Kier alpha value is -0.760. The van der Waals surface area contributed by atoms with Gasteiger partial charge in [0.2, 0.25) is 0 Å². The van der Waals surface area contributed by atoms with Crippen LogP contribution in [-0.4, -0.2) is 11.9 Å². The van der Waals surface area contributed by atoms with Gasteiger partial charge in [0.25, 0.3) is 0 Å². The van der Waals surface area contributed by atoms with E-state index >= 15 is 0 Å². The van der Waals surface area contributed by atoms with Crippen molar-refractivity contribution in [2.75, 3.05) is 7.05 Å². The first kappa shape index (κ1) is 7.87. The van der Waals surface area contributed by atoms with Crippen molar-refractivity contribution in [3.63, 3.8) is 0 Å². The Kier molecular flexibility index (Phi) is 1.93. The van der Waals surface area contributed by atoms with Crippen LogP contribution in [0.25, 0.3) is 6.08 Å². The molecule has 0 amide bonds. The molecule has 0 radical (unpaired) electrons. The van der Waals surface area contributed by atoms with Gasteiger partial charge < -0.3 is 4.90 Å². The molecule has 1 nitrogen and oxygen atoms in total. The highest BCUT2D eigenvalue weighted by molar-refractivity contribution is 9.10. The van der Waals surface area contributed by atoms with Gasteiger partial charge in [-0.25, -0.2) is 0 Å². The van der Waals surface area contributed by atoms with Crippen LogP contribution in [0.4, 0.5) is 0 Å². The normalized spacial score (nSPS) is 14.7. The summed E-state index contributed by atoms with van der Waals surface area (Å²) < 4.78 is 1.15. The number of benzene rings is 1. The molecule has 0 aliphatic carbocycles. The summed E-state index contributed by atoms with van der Waals surface area (Å²) in [6, 6.07) is 6.41. The van der Waals surface area contributed by atoms with Crippen LogP contribution in [-0.2, 0) is 6.54 Å². The number of rotatable bonds is 0. The maximum Gasteiger partial charge on any atom is 0.0426 e. The maximum atomic E-state index is 3.46. The van der Waals surface area contributed by atoms with E-state index in [-0.39, 0.29) is 0 Å². The fraction of sp³-hybridized carbons (Fsp3) is 0.200. The standard InChI is InChI=1S/C10H10BrN/c1-12-5-4-8-6-10(11)3-2-9(8)7-12/h2-6H,7H2,1H3. The van der Waals surface area contributed by atoms with Crippen molar-refractivity contribution in [1.29, 1.82) is 0 Å². The molecular formula is C10H10BrN. The van der Waals surface area contributed by atoms with Gasteiger partial charge in [0.05, 0.1) is 0 Å². The van der Waals surface area contributed by atoms with Crippen molar-refractivity contribution < 1.29 is 0 Å². The van der Waals surface area contributed by atoms with Gasteiger partial charge in [-0.3, -0.25) is 0 Å². The lowest BCUT2D eigenvalue weighted by atomic mass is 10.1. The van der Waals surface area contributed by atoms with Gasteiger partial charge in [-0.15, -0.1) is 0 Å². The minimum atomic E-state index is 1.01. The van der Waals surface area contributed by atoms with Gasteiger partial charge in [-0.2, -0.15) is 0 Å². The van der Waals surface area contributed by atoms with E-state index in [1.807, 2.05) is 0 Å². The Morgan fingerprint density at radius 1 is 1.42 bits per heavy atom. The van der Waals surface area contributed by atoms with Gasteiger partial charge >= 0.3 is 0 Å². The zero-order valence-electron chi connectivity index (χ0n) is 6.92. The quantitative estimate of drug-likeness (QED) is 0.654. The van der Waals surface area contributed by atoms with E-state index in [4.69, 9.17) is 0 Å².